The lowest BCUT2D eigenvalue weighted by atomic mass is 9.63. The second-order valence-corrected chi connectivity index (χ2v) is 8.51. The number of carbonyl (C=O) groups is 1. The normalized spacial score (nSPS) is 16.9. The van der Waals surface area contributed by atoms with Crippen molar-refractivity contribution >= 4 is 5.97 Å². The molecule has 0 fully saturated rings. The molecule has 134 valence electrons. The van der Waals surface area contributed by atoms with Crippen LogP contribution in [-0.2, 0) is 17.3 Å². The summed E-state index contributed by atoms with van der Waals surface area (Å²) >= 11 is 0. The van der Waals surface area contributed by atoms with Crippen LogP contribution in [0.4, 0.5) is 0 Å². The summed E-state index contributed by atoms with van der Waals surface area (Å²) in [5.74, 6) is 5.60. The van der Waals surface area contributed by atoms with Crippen LogP contribution in [-0.4, -0.2) is 11.1 Å². The summed E-state index contributed by atoms with van der Waals surface area (Å²) in [6, 6.07) is 13.6. The van der Waals surface area contributed by atoms with Crippen LogP contribution in [0.15, 0.2) is 42.5 Å². The van der Waals surface area contributed by atoms with E-state index in [2.05, 4.69) is 57.7 Å². The summed E-state index contributed by atoms with van der Waals surface area (Å²) in [6.07, 6.45) is 3.02. The zero-order chi connectivity index (χ0) is 18.9. The molecular formula is C24H26O2. The van der Waals surface area contributed by atoms with Gasteiger partial charge in [-0.3, -0.25) is 0 Å². The van der Waals surface area contributed by atoms with E-state index in [1.54, 1.807) is 12.1 Å². The van der Waals surface area contributed by atoms with Crippen molar-refractivity contribution in [2.24, 2.45) is 0 Å². The molecule has 0 saturated carbocycles. The lowest BCUT2D eigenvalue weighted by molar-refractivity contribution is 0.0697. The summed E-state index contributed by atoms with van der Waals surface area (Å²) in [5.41, 5.74) is 5.67. The summed E-state index contributed by atoms with van der Waals surface area (Å²) in [6.45, 7) is 9.30. The number of fused-ring (bicyclic) bond motifs is 1. The third kappa shape index (κ3) is 3.68. The quantitative estimate of drug-likeness (QED) is 0.747. The summed E-state index contributed by atoms with van der Waals surface area (Å²) in [4.78, 5) is 10.9. The molecule has 0 spiro atoms. The van der Waals surface area contributed by atoms with Crippen molar-refractivity contribution < 1.29 is 9.90 Å². The first-order valence-corrected chi connectivity index (χ1v) is 9.15. The van der Waals surface area contributed by atoms with Gasteiger partial charge in [-0.1, -0.05) is 57.7 Å². The van der Waals surface area contributed by atoms with E-state index >= 15 is 0 Å². The topological polar surface area (TPSA) is 37.3 Å². The number of aromatic carboxylic acids is 1. The predicted octanol–water partition coefficient (Wildman–Crippen LogP) is 5.33. The highest BCUT2D eigenvalue weighted by Gasteiger charge is 2.36. The molecule has 0 radical (unpaired) electrons. The maximum absolute atomic E-state index is 10.9. The molecule has 3 rings (SSSR count). The van der Waals surface area contributed by atoms with Crippen LogP contribution in [0.25, 0.3) is 0 Å². The van der Waals surface area contributed by atoms with Crippen molar-refractivity contribution in [2.75, 3.05) is 0 Å². The Bertz CT molecular complexity index is 890. The van der Waals surface area contributed by atoms with Crippen LogP contribution < -0.4 is 0 Å². The number of benzene rings is 2. The van der Waals surface area contributed by atoms with Crippen LogP contribution in [0.2, 0.25) is 0 Å². The molecule has 1 aliphatic rings. The second-order valence-electron chi connectivity index (χ2n) is 8.51. The van der Waals surface area contributed by atoms with E-state index in [-0.39, 0.29) is 10.8 Å². The maximum atomic E-state index is 10.9. The molecule has 2 heteroatoms. The third-order valence-electron chi connectivity index (χ3n) is 5.58. The van der Waals surface area contributed by atoms with E-state index in [4.69, 9.17) is 5.11 Å². The second kappa shape index (κ2) is 6.65. The lowest BCUT2D eigenvalue weighted by Gasteiger charge is -2.41. The van der Waals surface area contributed by atoms with Gasteiger partial charge in [-0.05, 0) is 64.6 Å². The summed E-state index contributed by atoms with van der Waals surface area (Å²) < 4.78 is 0. The molecular weight excluding hydrogens is 320 g/mol. The average Bonchev–Trinajstić information content (AvgIpc) is 2.59. The molecule has 0 aliphatic heterocycles. The molecule has 2 aromatic carbocycles. The van der Waals surface area contributed by atoms with Crippen LogP contribution in [0.5, 0.6) is 0 Å². The number of carboxylic acids is 1. The fourth-order valence-electron chi connectivity index (χ4n) is 3.68. The smallest absolute Gasteiger partial charge is 0.335 e. The third-order valence-corrected chi connectivity index (χ3v) is 5.58. The maximum Gasteiger partial charge on any atom is 0.335 e. The Labute approximate surface area is 156 Å². The minimum atomic E-state index is -0.901. The van der Waals surface area contributed by atoms with Gasteiger partial charge in [0.25, 0.3) is 0 Å². The lowest BCUT2D eigenvalue weighted by Crippen LogP contribution is -2.33. The van der Waals surface area contributed by atoms with Crippen LogP contribution in [0, 0.1) is 11.8 Å². The largest absolute Gasteiger partial charge is 0.478 e. The van der Waals surface area contributed by atoms with E-state index in [1.165, 1.54) is 24.0 Å². The number of carboxylic acid groups (broad SMARTS) is 1. The van der Waals surface area contributed by atoms with Crippen molar-refractivity contribution in [1.29, 1.82) is 0 Å². The standard InChI is InChI=1S/C24H26O2/c1-23(2)14-15-24(3,4)21-16-18(10-13-20(21)23)7-5-6-17-8-11-19(12-9-17)22(25)26/h8-13,16H,6,14-15H2,1-4H3,(H,25,26). The van der Waals surface area contributed by atoms with Gasteiger partial charge in [0.2, 0.25) is 0 Å². The summed E-state index contributed by atoms with van der Waals surface area (Å²) in [5, 5.41) is 8.95. The number of rotatable bonds is 2. The fourth-order valence-corrected chi connectivity index (χ4v) is 3.68. The summed E-state index contributed by atoms with van der Waals surface area (Å²) in [7, 11) is 0. The van der Waals surface area contributed by atoms with E-state index in [1.807, 2.05) is 12.1 Å². The van der Waals surface area contributed by atoms with Gasteiger partial charge in [0.15, 0.2) is 0 Å². The van der Waals surface area contributed by atoms with Crippen molar-refractivity contribution in [3.63, 3.8) is 0 Å². The van der Waals surface area contributed by atoms with Gasteiger partial charge >= 0.3 is 5.97 Å². The monoisotopic (exact) mass is 346 g/mol. The first kappa shape index (κ1) is 18.3. The highest BCUT2D eigenvalue weighted by molar-refractivity contribution is 5.87. The Morgan fingerprint density at radius 1 is 0.962 bits per heavy atom. The molecule has 0 bridgehead atoms. The number of hydrogen-bond donors (Lipinski definition) is 1. The van der Waals surface area contributed by atoms with E-state index in [0.717, 1.165) is 11.1 Å². The van der Waals surface area contributed by atoms with Crippen LogP contribution in [0.1, 0.15) is 73.1 Å². The Kier molecular flexibility index (Phi) is 4.67. The Balaban J connectivity index is 1.82. The first-order chi connectivity index (χ1) is 12.2. The van der Waals surface area contributed by atoms with Gasteiger partial charge in [0.05, 0.1) is 5.56 Å². The molecule has 1 aliphatic carbocycles. The molecule has 0 heterocycles. The van der Waals surface area contributed by atoms with Crippen molar-refractivity contribution in [3.8, 4) is 11.8 Å². The van der Waals surface area contributed by atoms with Gasteiger partial charge in [-0.15, -0.1) is 0 Å². The van der Waals surface area contributed by atoms with Gasteiger partial charge in [-0.25, -0.2) is 4.79 Å². The Morgan fingerprint density at radius 3 is 2.19 bits per heavy atom. The molecule has 0 saturated heterocycles. The fraction of sp³-hybridized carbons (Fsp3) is 0.375. The van der Waals surface area contributed by atoms with Crippen LogP contribution >= 0.6 is 0 Å². The molecule has 1 N–H and O–H groups in total. The van der Waals surface area contributed by atoms with Gasteiger partial charge in [0, 0.05) is 12.0 Å². The highest BCUT2D eigenvalue weighted by atomic mass is 16.4. The van der Waals surface area contributed by atoms with Crippen molar-refractivity contribution in [1.82, 2.24) is 0 Å². The Morgan fingerprint density at radius 2 is 1.58 bits per heavy atom. The predicted molar refractivity (Wildman–Crippen MR) is 106 cm³/mol. The Hall–Kier alpha value is -2.53. The van der Waals surface area contributed by atoms with Crippen molar-refractivity contribution in [2.45, 2.75) is 57.8 Å². The molecule has 2 aromatic rings. The van der Waals surface area contributed by atoms with Gasteiger partial charge in [0.1, 0.15) is 0 Å². The van der Waals surface area contributed by atoms with E-state index in [0.29, 0.717) is 12.0 Å². The zero-order valence-corrected chi connectivity index (χ0v) is 16.0. The van der Waals surface area contributed by atoms with E-state index < -0.39 is 5.97 Å². The SMILES string of the molecule is CC1(C)CCC(C)(C)c2cc(C#CCc3ccc(C(=O)O)cc3)ccc21. The average molecular weight is 346 g/mol. The zero-order valence-electron chi connectivity index (χ0n) is 16.0. The molecule has 0 aromatic heterocycles. The minimum absolute atomic E-state index is 0.190. The van der Waals surface area contributed by atoms with E-state index in [9.17, 15) is 4.79 Å². The highest BCUT2D eigenvalue weighted by Crippen LogP contribution is 2.45. The van der Waals surface area contributed by atoms with Crippen LogP contribution in [0.3, 0.4) is 0 Å². The van der Waals surface area contributed by atoms with Crippen molar-refractivity contribution in [3.05, 3.63) is 70.3 Å². The minimum Gasteiger partial charge on any atom is -0.478 e. The van der Waals surface area contributed by atoms with Gasteiger partial charge < -0.3 is 5.11 Å². The molecule has 0 amide bonds. The number of hydrogen-bond acceptors (Lipinski definition) is 1. The molecule has 2 nitrogen and oxygen atoms in total. The first-order valence-electron chi connectivity index (χ1n) is 9.15. The molecule has 0 unspecified atom stereocenters. The molecule has 26 heavy (non-hydrogen) atoms. The molecule has 0 atom stereocenters. The van der Waals surface area contributed by atoms with Gasteiger partial charge in [-0.2, -0.15) is 0 Å².